The first kappa shape index (κ1) is 16.6. The van der Waals surface area contributed by atoms with Crippen molar-refractivity contribution in [1.29, 1.82) is 0 Å². The molecule has 1 N–H and O–H groups in total. The van der Waals surface area contributed by atoms with Crippen LogP contribution in [0, 0.1) is 19.7 Å². The van der Waals surface area contributed by atoms with Crippen molar-refractivity contribution in [3.05, 3.63) is 58.2 Å². The van der Waals surface area contributed by atoms with Gasteiger partial charge in [-0.15, -0.1) is 0 Å². The van der Waals surface area contributed by atoms with E-state index in [1.807, 2.05) is 0 Å². The number of carbonyl (C=O) groups excluding carboxylic acids is 3. The minimum atomic E-state index is -0.714. The van der Waals surface area contributed by atoms with Crippen LogP contribution >= 0.6 is 0 Å². The highest BCUT2D eigenvalue weighted by Gasteiger charge is 2.21. The van der Waals surface area contributed by atoms with Crippen molar-refractivity contribution < 1.29 is 23.5 Å². The Morgan fingerprint density at radius 3 is 2.26 bits per heavy atom. The number of aryl methyl sites for hydroxylation is 1. The molecular formula is C17H16FNO4. The average Bonchev–Trinajstić information content (AvgIpc) is 2.80. The predicted octanol–water partition coefficient (Wildman–Crippen LogP) is 3.01. The first-order valence-corrected chi connectivity index (χ1v) is 6.97. The summed E-state index contributed by atoms with van der Waals surface area (Å²) in [6, 6.07) is 4.96. The van der Waals surface area contributed by atoms with E-state index >= 15 is 0 Å². The van der Waals surface area contributed by atoms with Crippen molar-refractivity contribution in [2.75, 3.05) is 6.61 Å². The fourth-order valence-corrected chi connectivity index (χ4v) is 2.40. The third kappa shape index (κ3) is 3.53. The Hall–Kier alpha value is -2.76. The van der Waals surface area contributed by atoms with Crippen molar-refractivity contribution in [2.45, 2.75) is 20.8 Å². The maximum absolute atomic E-state index is 12.8. The van der Waals surface area contributed by atoms with Gasteiger partial charge < -0.3 is 9.72 Å². The van der Waals surface area contributed by atoms with Crippen LogP contribution in [-0.4, -0.2) is 29.1 Å². The molecule has 2 aromatic rings. The molecule has 6 heteroatoms. The second-order valence-corrected chi connectivity index (χ2v) is 5.19. The van der Waals surface area contributed by atoms with E-state index < -0.39 is 24.2 Å². The van der Waals surface area contributed by atoms with Gasteiger partial charge >= 0.3 is 5.97 Å². The van der Waals surface area contributed by atoms with Gasteiger partial charge in [-0.1, -0.05) is 0 Å². The second kappa shape index (κ2) is 6.56. The first-order valence-electron chi connectivity index (χ1n) is 6.97. The number of aromatic nitrogens is 1. The van der Waals surface area contributed by atoms with E-state index in [1.54, 1.807) is 13.8 Å². The van der Waals surface area contributed by atoms with E-state index in [2.05, 4.69) is 4.98 Å². The summed E-state index contributed by atoms with van der Waals surface area (Å²) in [5.74, 6) is -1.76. The van der Waals surface area contributed by atoms with E-state index in [-0.39, 0.29) is 17.0 Å². The van der Waals surface area contributed by atoms with Crippen LogP contribution in [0.1, 0.15) is 49.4 Å². The number of carbonyl (C=O) groups is 3. The molecule has 0 saturated carbocycles. The number of esters is 1. The zero-order valence-corrected chi connectivity index (χ0v) is 13.0. The maximum Gasteiger partial charge on any atom is 0.355 e. The molecule has 0 unspecified atom stereocenters. The number of halogens is 1. The van der Waals surface area contributed by atoms with Crippen LogP contribution in [0.4, 0.5) is 4.39 Å². The Kier molecular flexibility index (Phi) is 4.74. The van der Waals surface area contributed by atoms with E-state index in [9.17, 15) is 18.8 Å². The highest BCUT2D eigenvalue weighted by atomic mass is 19.1. The number of hydrogen-bond donors (Lipinski definition) is 1. The summed E-state index contributed by atoms with van der Waals surface area (Å²) in [6.07, 6.45) is 0. The Morgan fingerprint density at radius 1 is 1.13 bits per heavy atom. The van der Waals surface area contributed by atoms with Gasteiger partial charge in [0.05, 0.1) is 0 Å². The van der Waals surface area contributed by atoms with Gasteiger partial charge in [-0.05, 0) is 50.6 Å². The summed E-state index contributed by atoms with van der Waals surface area (Å²) >= 11 is 0. The summed E-state index contributed by atoms with van der Waals surface area (Å²) in [6.45, 7) is 4.27. The lowest BCUT2D eigenvalue weighted by Gasteiger charge is -2.04. The monoisotopic (exact) mass is 317 g/mol. The van der Waals surface area contributed by atoms with Gasteiger partial charge in [0.15, 0.2) is 18.2 Å². The summed E-state index contributed by atoms with van der Waals surface area (Å²) < 4.78 is 17.8. The number of H-pyrrole nitrogens is 1. The van der Waals surface area contributed by atoms with Crippen LogP contribution in [0.5, 0.6) is 0 Å². The third-order valence-corrected chi connectivity index (χ3v) is 3.49. The minimum absolute atomic E-state index is 0.152. The number of aromatic amines is 1. The molecule has 1 aromatic heterocycles. The van der Waals surface area contributed by atoms with Crippen molar-refractivity contribution >= 4 is 17.5 Å². The van der Waals surface area contributed by atoms with E-state index in [0.29, 0.717) is 16.8 Å². The normalized spacial score (nSPS) is 10.4. The lowest BCUT2D eigenvalue weighted by Crippen LogP contribution is -2.15. The zero-order chi connectivity index (χ0) is 17.1. The Balaban J connectivity index is 2.08. The fourth-order valence-electron chi connectivity index (χ4n) is 2.40. The van der Waals surface area contributed by atoms with Crippen LogP contribution < -0.4 is 0 Å². The molecular weight excluding hydrogens is 301 g/mol. The van der Waals surface area contributed by atoms with Gasteiger partial charge in [-0.25, -0.2) is 9.18 Å². The standard InChI is InChI=1S/C17H16FNO4/c1-9-15(11(3)20)10(2)19-16(9)17(22)23-8-14(21)12-4-6-13(18)7-5-12/h4-7,19H,8H2,1-3H3. The highest BCUT2D eigenvalue weighted by molar-refractivity contribution is 6.02. The molecule has 1 heterocycles. The van der Waals surface area contributed by atoms with Gasteiger partial charge in [0, 0.05) is 16.8 Å². The molecule has 0 aliphatic carbocycles. The van der Waals surface area contributed by atoms with Gasteiger partial charge in [-0.3, -0.25) is 9.59 Å². The smallest absolute Gasteiger partial charge is 0.355 e. The zero-order valence-electron chi connectivity index (χ0n) is 13.0. The Bertz CT molecular complexity index is 775. The number of Topliss-reactive ketones (excluding diaryl/α,β-unsaturated/α-hetero) is 2. The van der Waals surface area contributed by atoms with Gasteiger partial charge in [0.2, 0.25) is 0 Å². The Labute approximate surface area is 132 Å². The number of nitrogens with one attached hydrogen (secondary N) is 1. The first-order chi connectivity index (χ1) is 10.8. The van der Waals surface area contributed by atoms with Crippen molar-refractivity contribution in [1.82, 2.24) is 4.98 Å². The number of ketones is 2. The molecule has 0 aliphatic heterocycles. The van der Waals surface area contributed by atoms with Crippen LogP contribution in [0.25, 0.3) is 0 Å². The number of ether oxygens (including phenoxy) is 1. The predicted molar refractivity (Wildman–Crippen MR) is 81.3 cm³/mol. The minimum Gasteiger partial charge on any atom is -0.453 e. The van der Waals surface area contributed by atoms with E-state index in [0.717, 1.165) is 12.1 Å². The molecule has 0 atom stereocenters. The second-order valence-electron chi connectivity index (χ2n) is 5.19. The molecule has 0 saturated heterocycles. The SMILES string of the molecule is CC(=O)c1c(C)[nH]c(C(=O)OCC(=O)c2ccc(F)cc2)c1C. The molecule has 120 valence electrons. The van der Waals surface area contributed by atoms with Crippen LogP contribution in [0.3, 0.4) is 0 Å². The largest absolute Gasteiger partial charge is 0.453 e. The molecule has 0 bridgehead atoms. The van der Waals surface area contributed by atoms with E-state index in [1.165, 1.54) is 19.1 Å². The third-order valence-electron chi connectivity index (χ3n) is 3.49. The fraction of sp³-hybridized carbons (Fsp3) is 0.235. The van der Waals surface area contributed by atoms with E-state index in [4.69, 9.17) is 4.74 Å². The Morgan fingerprint density at radius 2 is 1.74 bits per heavy atom. The van der Waals surface area contributed by atoms with Crippen molar-refractivity contribution in [3.63, 3.8) is 0 Å². The molecule has 5 nitrogen and oxygen atoms in total. The van der Waals surface area contributed by atoms with Crippen LogP contribution in [0.15, 0.2) is 24.3 Å². The lowest BCUT2D eigenvalue weighted by atomic mass is 10.1. The highest BCUT2D eigenvalue weighted by Crippen LogP contribution is 2.19. The van der Waals surface area contributed by atoms with Gasteiger partial charge in [0.1, 0.15) is 11.5 Å². The summed E-state index contributed by atoms with van der Waals surface area (Å²) in [4.78, 5) is 38.3. The lowest BCUT2D eigenvalue weighted by molar-refractivity contribution is 0.0468. The van der Waals surface area contributed by atoms with Crippen molar-refractivity contribution in [3.8, 4) is 0 Å². The number of hydrogen-bond acceptors (Lipinski definition) is 4. The topological polar surface area (TPSA) is 76.2 Å². The molecule has 0 radical (unpaired) electrons. The molecule has 23 heavy (non-hydrogen) atoms. The number of rotatable bonds is 5. The molecule has 0 fully saturated rings. The molecule has 0 amide bonds. The summed E-state index contributed by atoms with van der Waals surface area (Å²) in [5.41, 5.74) is 1.92. The summed E-state index contributed by atoms with van der Waals surface area (Å²) in [5, 5.41) is 0. The molecule has 0 spiro atoms. The molecule has 1 aromatic carbocycles. The van der Waals surface area contributed by atoms with Crippen LogP contribution in [0.2, 0.25) is 0 Å². The van der Waals surface area contributed by atoms with Gasteiger partial charge in [-0.2, -0.15) is 0 Å². The average molecular weight is 317 g/mol. The quantitative estimate of drug-likeness (QED) is 0.679. The molecule has 0 aliphatic rings. The molecule has 2 rings (SSSR count). The van der Waals surface area contributed by atoms with Crippen LogP contribution in [-0.2, 0) is 4.74 Å². The maximum atomic E-state index is 12.8. The summed E-state index contributed by atoms with van der Waals surface area (Å²) in [7, 11) is 0. The number of benzene rings is 1. The van der Waals surface area contributed by atoms with Gasteiger partial charge in [0.25, 0.3) is 0 Å². The van der Waals surface area contributed by atoms with Crippen molar-refractivity contribution in [2.24, 2.45) is 0 Å².